The quantitative estimate of drug-likeness (QED) is 0.897. The molecule has 0 spiro atoms. The molecule has 2 N–H and O–H groups in total. The van der Waals surface area contributed by atoms with Gasteiger partial charge in [-0.3, -0.25) is 0 Å². The fraction of sp³-hybridized carbons (Fsp3) is 0.600. The molecular formula is C15H22BrNO2. The van der Waals surface area contributed by atoms with Crippen LogP contribution in [-0.4, -0.2) is 19.8 Å². The Balaban J connectivity index is 2.17. The van der Waals surface area contributed by atoms with Crippen LogP contribution in [0.25, 0.3) is 0 Å². The zero-order chi connectivity index (χ0) is 13.7. The van der Waals surface area contributed by atoms with E-state index in [0.29, 0.717) is 12.6 Å². The van der Waals surface area contributed by atoms with E-state index in [1.54, 1.807) is 7.11 Å². The zero-order valence-electron chi connectivity index (χ0n) is 11.5. The van der Waals surface area contributed by atoms with Gasteiger partial charge in [0, 0.05) is 0 Å². The van der Waals surface area contributed by atoms with Crippen LogP contribution < -0.4 is 15.2 Å². The molecule has 0 saturated heterocycles. The maximum absolute atomic E-state index is 6.14. The molecule has 1 aliphatic rings. The van der Waals surface area contributed by atoms with Crippen molar-refractivity contribution in [1.29, 1.82) is 0 Å². The molecule has 1 aromatic carbocycles. The van der Waals surface area contributed by atoms with Crippen molar-refractivity contribution in [3.05, 3.63) is 22.2 Å². The molecule has 3 nitrogen and oxygen atoms in total. The van der Waals surface area contributed by atoms with Gasteiger partial charge in [-0.15, -0.1) is 0 Å². The fourth-order valence-electron chi connectivity index (χ4n) is 2.55. The molecule has 0 atom stereocenters. The van der Waals surface area contributed by atoms with E-state index in [1.165, 1.54) is 24.8 Å². The lowest BCUT2D eigenvalue weighted by molar-refractivity contribution is 0.148. The van der Waals surface area contributed by atoms with E-state index < -0.39 is 0 Å². The van der Waals surface area contributed by atoms with Crippen LogP contribution in [0.2, 0.25) is 0 Å². The third kappa shape index (κ3) is 3.86. The predicted octanol–water partition coefficient (Wildman–Crippen LogP) is 3.67. The average Bonchev–Trinajstić information content (AvgIpc) is 2.43. The van der Waals surface area contributed by atoms with Crippen molar-refractivity contribution in [2.24, 2.45) is 5.73 Å². The molecule has 2 rings (SSSR count). The highest BCUT2D eigenvalue weighted by atomic mass is 79.9. The normalized spacial score (nSPS) is 16.4. The Labute approximate surface area is 123 Å². The summed E-state index contributed by atoms with van der Waals surface area (Å²) in [6.45, 7) is 0.637. The van der Waals surface area contributed by atoms with Crippen molar-refractivity contribution in [3.8, 4) is 11.5 Å². The summed E-state index contributed by atoms with van der Waals surface area (Å²) in [6, 6.07) is 4.10. The van der Waals surface area contributed by atoms with Gasteiger partial charge in [-0.1, -0.05) is 6.42 Å². The smallest absolute Gasteiger partial charge is 0.175 e. The molecule has 0 heterocycles. The van der Waals surface area contributed by atoms with Crippen LogP contribution in [0.15, 0.2) is 16.6 Å². The molecule has 0 aromatic heterocycles. The summed E-state index contributed by atoms with van der Waals surface area (Å²) in [4.78, 5) is 0. The van der Waals surface area contributed by atoms with Crippen LogP contribution in [0.4, 0.5) is 0 Å². The number of ether oxygens (including phenoxy) is 2. The molecule has 0 amide bonds. The number of nitrogens with two attached hydrogens (primary N) is 1. The Morgan fingerprint density at radius 3 is 2.63 bits per heavy atom. The molecule has 19 heavy (non-hydrogen) atoms. The van der Waals surface area contributed by atoms with E-state index in [4.69, 9.17) is 15.2 Å². The Morgan fingerprint density at radius 1 is 1.26 bits per heavy atom. The van der Waals surface area contributed by atoms with Crippen molar-refractivity contribution >= 4 is 15.9 Å². The summed E-state index contributed by atoms with van der Waals surface area (Å²) in [5.41, 5.74) is 6.77. The Morgan fingerprint density at radius 2 is 2.00 bits per heavy atom. The molecule has 0 unspecified atom stereocenters. The van der Waals surface area contributed by atoms with Gasteiger partial charge in [0.2, 0.25) is 0 Å². The minimum atomic E-state index is 0.319. The maximum atomic E-state index is 6.14. The standard InChI is InChI=1S/C15H22BrNO2/c1-18-14-10-11(7-8-17)9-13(16)15(14)19-12-5-3-2-4-6-12/h9-10,12H,2-8,17H2,1H3. The minimum absolute atomic E-state index is 0.319. The summed E-state index contributed by atoms with van der Waals surface area (Å²) >= 11 is 3.59. The SMILES string of the molecule is COc1cc(CCN)cc(Br)c1OC1CCCCC1. The van der Waals surface area contributed by atoms with Gasteiger partial charge >= 0.3 is 0 Å². The Bertz CT molecular complexity index is 417. The van der Waals surface area contributed by atoms with E-state index in [0.717, 1.165) is 35.2 Å². The van der Waals surface area contributed by atoms with E-state index in [-0.39, 0.29) is 0 Å². The molecule has 106 valence electrons. The van der Waals surface area contributed by atoms with Crippen molar-refractivity contribution in [2.75, 3.05) is 13.7 Å². The molecule has 0 radical (unpaired) electrons. The predicted molar refractivity (Wildman–Crippen MR) is 81.0 cm³/mol. The number of halogens is 1. The van der Waals surface area contributed by atoms with Crippen LogP contribution in [-0.2, 0) is 6.42 Å². The van der Waals surface area contributed by atoms with Crippen LogP contribution >= 0.6 is 15.9 Å². The van der Waals surface area contributed by atoms with Crippen molar-refractivity contribution < 1.29 is 9.47 Å². The first kappa shape index (κ1) is 14.7. The summed E-state index contributed by atoms with van der Waals surface area (Å²) in [5.74, 6) is 1.62. The van der Waals surface area contributed by atoms with Crippen LogP contribution in [0, 0.1) is 0 Å². The zero-order valence-corrected chi connectivity index (χ0v) is 13.0. The van der Waals surface area contributed by atoms with Crippen LogP contribution in [0.5, 0.6) is 11.5 Å². The molecule has 1 saturated carbocycles. The summed E-state index contributed by atoms with van der Waals surface area (Å²) in [7, 11) is 1.68. The van der Waals surface area contributed by atoms with Gasteiger partial charge in [-0.05, 0) is 72.3 Å². The van der Waals surface area contributed by atoms with E-state index in [2.05, 4.69) is 22.0 Å². The van der Waals surface area contributed by atoms with Gasteiger partial charge in [-0.2, -0.15) is 0 Å². The third-order valence-electron chi connectivity index (χ3n) is 3.56. The highest BCUT2D eigenvalue weighted by Crippen LogP contribution is 2.38. The van der Waals surface area contributed by atoms with Crippen molar-refractivity contribution in [3.63, 3.8) is 0 Å². The molecule has 1 fully saturated rings. The topological polar surface area (TPSA) is 44.5 Å². The fourth-order valence-corrected chi connectivity index (χ4v) is 3.13. The number of methoxy groups -OCH3 is 1. The second-order valence-electron chi connectivity index (χ2n) is 5.03. The highest BCUT2D eigenvalue weighted by molar-refractivity contribution is 9.10. The van der Waals surface area contributed by atoms with E-state index in [1.807, 2.05) is 6.07 Å². The van der Waals surface area contributed by atoms with E-state index in [9.17, 15) is 0 Å². The summed E-state index contributed by atoms with van der Waals surface area (Å²) in [6.07, 6.45) is 7.29. The second-order valence-corrected chi connectivity index (χ2v) is 5.88. The van der Waals surface area contributed by atoms with E-state index >= 15 is 0 Å². The minimum Gasteiger partial charge on any atom is -0.493 e. The average molecular weight is 328 g/mol. The third-order valence-corrected chi connectivity index (χ3v) is 4.15. The molecule has 4 heteroatoms. The van der Waals surface area contributed by atoms with Crippen LogP contribution in [0.3, 0.4) is 0 Å². The van der Waals surface area contributed by atoms with Gasteiger partial charge < -0.3 is 15.2 Å². The number of hydrogen-bond donors (Lipinski definition) is 1. The molecular weight excluding hydrogens is 306 g/mol. The number of rotatable bonds is 5. The van der Waals surface area contributed by atoms with Gasteiger partial charge in [-0.25, -0.2) is 0 Å². The number of benzene rings is 1. The monoisotopic (exact) mass is 327 g/mol. The first-order valence-corrected chi connectivity index (χ1v) is 7.77. The molecule has 1 aromatic rings. The maximum Gasteiger partial charge on any atom is 0.175 e. The molecule has 0 aliphatic heterocycles. The highest BCUT2D eigenvalue weighted by Gasteiger charge is 2.19. The lowest BCUT2D eigenvalue weighted by Crippen LogP contribution is -2.20. The second kappa shape index (κ2) is 7.15. The lowest BCUT2D eigenvalue weighted by Gasteiger charge is -2.25. The number of hydrogen-bond acceptors (Lipinski definition) is 3. The van der Waals surface area contributed by atoms with Gasteiger partial charge in [0.15, 0.2) is 11.5 Å². The molecule has 1 aliphatic carbocycles. The summed E-state index contributed by atoms with van der Waals surface area (Å²) < 4.78 is 12.6. The van der Waals surface area contributed by atoms with Gasteiger partial charge in [0.25, 0.3) is 0 Å². The van der Waals surface area contributed by atoms with Crippen LogP contribution in [0.1, 0.15) is 37.7 Å². The van der Waals surface area contributed by atoms with Crippen molar-refractivity contribution in [1.82, 2.24) is 0 Å². The molecule has 0 bridgehead atoms. The van der Waals surface area contributed by atoms with Gasteiger partial charge in [0.05, 0.1) is 17.7 Å². The Kier molecular flexibility index (Phi) is 5.52. The van der Waals surface area contributed by atoms with Gasteiger partial charge in [0.1, 0.15) is 0 Å². The first-order chi connectivity index (χ1) is 9.24. The first-order valence-electron chi connectivity index (χ1n) is 6.97. The largest absolute Gasteiger partial charge is 0.493 e. The lowest BCUT2D eigenvalue weighted by atomic mass is 9.98. The van der Waals surface area contributed by atoms with Crippen molar-refractivity contribution in [2.45, 2.75) is 44.6 Å². The summed E-state index contributed by atoms with van der Waals surface area (Å²) in [5, 5.41) is 0. The Hall–Kier alpha value is -0.740.